The van der Waals surface area contributed by atoms with Crippen molar-refractivity contribution < 1.29 is 18.7 Å². The van der Waals surface area contributed by atoms with Gasteiger partial charge in [0.25, 0.3) is 0 Å². The minimum Gasteiger partial charge on any atom is -0.492 e. The number of carbonyl (C=O) groups excluding carboxylic acids is 1. The number of rotatable bonds is 6. The second kappa shape index (κ2) is 7.24. The predicted molar refractivity (Wildman–Crippen MR) is 73.1 cm³/mol. The first-order valence-electron chi connectivity index (χ1n) is 6.99. The van der Waals surface area contributed by atoms with Crippen LogP contribution in [0, 0.1) is 5.82 Å². The van der Waals surface area contributed by atoms with Crippen LogP contribution in [0.15, 0.2) is 24.3 Å². The quantitative estimate of drug-likeness (QED) is 0.750. The topological polar surface area (TPSA) is 38.8 Å². The van der Waals surface area contributed by atoms with Crippen LogP contribution in [0.2, 0.25) is 0 Å². The van der Waals surface area contributed by atoms with E-state index in [0.717, 1.165) is 19.4 Å². The molecule has 0 N–H and O–H groups in total. The third-order valence-corrected chi connectivity index (χ3v) is 3.38. The molecular weight excluding hydrogens is 261 g/mol. The summed E-state index contributed by atoms with van der Waals surface area (Å²) >= 11 is 0. The molecule has 4 nitrogen and oxygen atoms in total. The second-order valence-electron chi connectivity index (χ2n) is 4.75. The minimum atomic E-state index is -0.278. The zero-order chi connectivity index (χ0) is 14.4. The fourth-order valence-corrected chi connectivity index (χ4v) is 2.41. The average Bonchev–Trinajstić information content (AvgIpc) is 2.90. The zero-order valence-corrected chi connectivity index (χ0v) is 11.7. The van der Waals surface area contributed by atoms with Gasteiger partial charge in [-0.1, -0.05) is 0 Å². The fourth-order valence-electron chi connectivity index (χ4n) is 2.41. The summed E-state index contributed by atoms with van der Waals surface area (Å²) < 4.78 is 23.4. The van der Waals surface area contributed by atoms with Crippen molar-refractivity contribution in [3.63, 3.8) is 0 Å². The minimum absolute atomic E-state index is 0.146. The van der Waals surface area contributed by atoms with Gasteiger partial charge in [-0.25, -0.2) is 4.39 Å². The molecule has 2 rings (SSSR count). The van der Waals surface area contributed by atoms with Crippen LogP contribution in [0.4, 0.5) is 4.39 Å². The lowest BCUT2D eigenvalue weighted by atomic mass is 10.2. The zero-order valence-electron chi connectivity index (χ0n) is 11.7. The van der Waals surface area contributed by atoms with E-state index in [1.165, 1.54) is 12.1 Å². The van der Waals surface area contributed by atoms with E-state index in [-0.39, 0.29) is 17.8 Å². The summed E-state index contributed by atoms with van der Waals surface area (Å²) in [5.41, 5.74) is 0. The molecule has 0 bridgehead atoms. The first-order chi connectivity index (χ1) is 9.70. The number of halogens is 1. The van der Waals surface area contributed by atoms with Crippen molar-refractivity contribution in [3.05, 3.63) is 30.1 Å². The summed E-state index contributed by atoms with van der Waals surface area (Å²) in [5.74, 6) is 0.212. The molecule has 0 saturated carbocycles. The van der Waals surface area contributed by atoms with Gasteiger partial charge in [0, 0.05) is 6.54 Å². The number of likely N-dealkylation sites (tertiary alicyclic amines) is 1. The van der Waals surface area contributed by atoms with Gasteiger partial charge in [-0.15, -0.1) is 0 Å². The van der Waals surface area contributed by atoms with Gasteiger partial charge in [-0.2, -0.15) is 0 Å². The Bertz CT molecular complexity index is 435. The molecule has 0 aliphatic carbocycles. The highest BCUT2D eigenvalue weighted by atomic mass is 19.1. The van der Waals surface area contributed by atoms with Gasteiger partial charge in [0.2, 0.25) is 0 Å². The van der Waals surface area contributed by atoms with Crippen LogP contribution in [0.3, 0.4) is 0 Å². The van der Waals surface area contributed by atoms with Crippen molar-refractivity contribution in [1.82, 2.24) is 4.90 Å². The van der Waals surface area contributed by atoms with Crippen molar-refractivity contribution in [2.45, 2.75) is 25.8 Å². The Kier molecular flexibility index (Phi) is 5.35. The summed E-state index contributed by atoms with van der Waals surface area (Å²) in [7, 11) is 0. The van der Waals surface area contributed by atoms with Crippen molar-refractivity contribution in [1.29, 1.82) is 0 Å². The molecular formula is C15H20FNO3. The van der Waals surface area contributed by atoms with Crippen molar-refractivity contribution in [2.24, 2.45) is 0 Å². The first-order valence-corrected chi connectivity index (χ1v) is 6.99. The standard InChI is InChI=1S/C15H20FNO3/c1-2-19-15(18)14-4-3-9-17(14)10-11-20-13-7-5-12(16)6-8-13/h5-8,14H,2-4,9-11H2,1H3. The van der Waals surface area contributed by atoms with Crippen LogP contribution in [-0.2, 0) is 9.53 Å². The highest BCUT2D eigenvalue weighted by Crippen LogP contribution is 2.18. The molecule has 0 aromatic heterocycles. The molecule has 1 heterocycles. The highest BCUT2D eigenvalue weighted by Gasteiger charge is 2.31. The molecule has 5 heteroatoms. The Labute approximate surface area is 118 Å². The summed E-state index contributed by atoms with van der Waals surface area (Å²) in [6, 6.07) is 5.79. The van der Waals surface area contributed by atoms with E-state index < -0.39 is 0 Å². The molecule has 1 saturated heterocycles. The fraction of sp³-hybridized carbons (Fsp3) is 0.533. The van der Waals surface area contributed by atoms with Crippen LogP contribution in [0.5, 0.6) is 5.75 Å². The normalized spacial score (nSPS) is 19.0. The number of nitrogens with zero attached hydrogens (tertiary/aromatic N) is 1. The molecule has 0 amide bonds. The maximum absolute atomic E-state index is 12.8. The van der Waals surface area contributed by atoms with Crippen molar-refractivity contribution in [2.75, 3.05) is 26.3 Å². The van der Waals surface area contributed by atoms with Crippen LogP contribution in [0.1, 0.15) is 19.8 Å². The van der Waals surface area contributed by atoms with Gasteiger partial charge >= 0.3 is 5.97 Å². The molecule has 0 radical (unpaired) electrons. The lowest BCUT2D eigenvalue weighted by Crippen LogP contribution is -2.39. The van der Waals surface area contributed by atoms with Gasteiger partial charge in [0.15, 0.2) is 0 Å². The van der Waals surface area contributed by atoms with Gasteiger partial charge < -0.3 is 9.47 Å². The molecule has 1 unspecified atom stereocenters. The van der Waals surface area contributed by atoms with E-state index in [1.54, 1.807) is 12.1 Å². The molecule has 1 aromatic rings. The Morgan fingerprint density at radius 1 is 1.40 bits per heavy atom. The maximum Gasteiger partial charge on any atom is 0.323 e. The predicted octanol–water partition coefficient (Wildman–Crippen LogP) is 2.23. The van der Waals surface area contributed by atoms with Crippen molar-refractivity contribution >= 4 is 5.97 Å². The van der Waals surface area contributed by atoms with Crippen LogP contribution < -0.4 is 4.74 Å². The molecule has 1 aliphatic rings. The van der Waals surface area contributed by atoms with Crippen LogP contribution >= 0.6 is 0 Å². The molecule has 1 aliphatic heterocycles. The monoisotopic (exact) mass is 281 g/mol. The van der Waals surface area contributed by atoms with E-state index in [1.807, 2.05) is 6.92 Å². The van der Waals surface area contributed by atoms with E-state index in [2.05, 4.69) is 4.90 Å². The average molecular weight is 281 g/mol. The summed E-state index contributed by atoms with van der Waals surface area (Å²) in [6.45, 7) is 4.25. The third kappa shape index (κ3) is 3.93. The smallest absolute Gasteiger partial charge is 0.323 e. The summed E-state index contributed by atoms with van der Waals surface area (Å²) in [4.78, 5) is 13.9. The molecule has 1 aromatic carbocycles. The van der Waals surface area contributed by atoms with E-state index in [4.69, 9.17) is 9.47 Å². The van der Waals surface area contributed by atoms with Crippen molar-refractivity contribution in [3.8, 4) is 5.75 Å². The van der Waals surface area contributed by atoms with Crippen LogP contribution in [0.25, 0.3) is 0 Å². The van der Waals surface area contributed by atoms with E-state index in [9.17, 15) is 9.18 Å². The van der Waals surface area contributed by atoms with E-state index in [0.29, 0.717) is 25.5 Å². The van der Waals surface area contributed by atoms with Gasteiger partial charge in [0.05, 0.1) is 6.61 Å². The lowest BCUT2D eigenvalue weighted by molar-refractivity contribution is -0.148. The Morgan fingerprint density at radius 3 is 2.85 bits per heavy atom. The SMILES string of the molecule is CCOC(=O)C1CCCN1CCOc1ccc(F)cc1. The summed E-state index contributed by atoms with van der Waals surface area (Å²) in [5, 5.41) is 0. The number of carbonyl (C=O) groups is 1. The van der Waals surface area contributed by atoms with Gasteiger partial charge in [-0.3, -0.25) is 9.69 Å². The summed E-state index contributed by atoms with van der Waals surface area (Å²) in [6.07, 6.45) is 1.84. The Balaban J connectivity index is 1.78. The Morgan fingerprint density at radius 2 is 2.15 bits per heavy atom. The van der Waals surface area contributed by atoms with Crippen LogP contribution in [-0.4, -0.2) is 43.2 Å². The second-order valence-corrected chi connectivity index (χ2v) is 4.75. The molecule has 1 fully saturated rings. The maximum atomic E-state index is 12.8. The first kappa shape index (κ1) is 14.8. The third-order valence-electron chi connectivity index (χ3n) is 3.38. The van der Waals surface area contributed by atoms with Gasteiger partial charge in [-0.05, 0) is 50.6 Å². The van der Waals surface area contributed by atoms with Gasteiger partial charge in [0.1, 0.15) is 24.2 Å². The number of esters is 1. The largest absolute Gasteiger partial charge is 0.492 e. The molecule has 0 spiro atoms. The number of benzene rings is 1. The van der Waals surface area contributed by atoms with E-state index >= 15 is 0 Å². The lowest BCUT2D eigenvalue weighted by Gasteiger charge is -2.22. The molecule has 1 atom stereocenters. The Hall–Kier alpha value is -1.62. The molecule has 110 valence electrons. The number of hydrogen-bond acceptors (Lipinski definition) is 4. The number of hydrogen-bond donors (Lipinski definition) is 0. The number of ether oxygens (including phenoxy) is 2. The highest BCUT2D eigenvalue weighted by molar-refractivity contribution is 5.76. The molecule has 20 heavy (non-hydrogen) atoms.